The molecule has 1 aromatic heterocycles. The second kappa shape index (κ2) is 15.0. The third-order valence-corrected chi connectivity index (χ3v) is 20.2. The summed E-state index contributed by atoms with van der Waals surface area (Å²) in [6, 6.07) is 42.1. The van der Waals surface area contributed by atoms with Crippen LogP contribution in [-0.2, 0) is 37.9 Å². The molecule has 12 rings (SSSR count). The number of thiophene rings is 1. The molecule has 7 aromatic rings. The van der Waals surface area contributed by atoms with Crippen molar-refractivity contribution in [2.75, 3.05) is 9.80 Å². The molecular weight excluding hydrogens is 876 g/mol. The minimum absolute atomic E-state index is 0.0368. The highest BCUT2D eigenvalue weighted by Crippen LogP contribution is 2.56. The van der Waals surface area contributed by atoms with Gasteiger partial charge in [-0.15, -0.1) is 11.3 Å². The van der Waals surface area contributed by atoms with Crippen molar-refractivity contribution >= 4 is 78.0 Å². The molecule has 0 atom stereocenters. The quantitative estimate of drug-likeness (QED) is 0.163. The van der Waals surface area contributed by atoms with E-state index in [4.69, 9.17) is 0 Å². The summed E-state index contributed by atoms with van der Waals surface area (Å²) in [6.45, 7) is 39.3. The number of hydrogen-bond donors (Lipinski definition) is 0. The number of anilines is 6. The lowest BCUT2D eigenvalue weighted by atomic mass is 9.36. The lowest BCUT2D eigenvalue weighted by Crippen LogP contribution is -2.60. The molecule has 3 heterocycles. The minimum Gasteiger partial charge on any atom is -0.311 e. The van der Waals surface area contributed by atoms with Crippen LogP contribution in [0.2, 0.25) is 0 Å². The topological polar surface area (TPSA) is 6.48 Å². The first-order chi connectivity index (χ1) is 33.2. The third kappa shape index (κ3) is 6.98. The van der Waals surface area contributed by atoms with Gasteiger partial charge in [-0.05, 0) is 199 Å². The zero-order valence-corrected chi connectivity index (χ0v) is 46.8. The van der Waals surface area contributed by atoms with Crippen molar-refractivity contribution in [1.29, 1.82) is 0 Å². The maximum absolute atomic E-state index is 2.76. The van der Waals surface area contributed by atoms with Crippen molar-refractivity contribution in [2.45, 2.75) is 187 Å². The van der Waals surface area contributed by atoms with E-state index in [-0.39, 0.29) is 44.6 Å². The number of fused-ring (bicyclic) bond motifs is 9. The van der Waals surface area contributed by atoms with Gasteiger partial charge in [-0.3, -0.25) is 0 Å². The van der Waals surface area contributed by atoms with E-state index in [1.807, 2.05) is 0 Å². The predicted molar refractivity (Wildman–Crippen MR) is 311 cm³/mol. The molecule has 0 saturated carbocycles. The van der Waals surface area contributed by atoms with Gasteiger partial charge in [0.05, 0.1) is 11.4 Å². The van der Waals surface area contributed by atoms with Gasteiger partial charge in [-0.25, -0.2) is 0 Å². The van der Waals surface area contributed by atoms with E-state index in [2.05, 4.69) is 235 Å². The Balaban J connectivity index is 1.22. The van der Waals surface area contributed by atoms with Gasteiger partial charge in [-0.1, -0.05) is 152 Å². The Hall–Kier alpha value is -5.06. The van der Waals surface area contributed by atoms with Gasteiger partial charge in [0.2, 0.25) is 0 Å². The van der Waals surface area contributed by atoms with Gasteiger partial charge in [-0.2, -0.15) is 0 Å². The van der Waals surface area contributed by atoms with E-state index in [0.717, 1.165) is 0 Å². The molecule has 71 heavy (non-hydrogen) atoms. The highest BCUT2D eigenvalue weighted by atomic mass is 32.1. The third-order valence-electron chi connectivity index (χ3n) is 19.0. The molecule has 0 bridgehead atoms. The zero-order valence-electron chi connectivity index (χ0n) is 45.9. The second-order valence-electron chi connectivity index (χ2n) is 27.9. The molecule has 3 aliphatic carbocycles. The molecule has 4 heteroatoms. The average Bonchev–Trinajstić information content (AvgIpc) is 3.68. The smallest absolute Gasteiger partial charge is 0.264 e. The largest absolute Gasteiger partial charge is 0.311 e. The summed E-state index contributed by atoms with van der Waals surface area (Å²) in [7, 11) is 0. The molecule has 2 aliphatic heterocycles. The maximum Gasteiger partial charge on any atom is 0.264 e. The first kappa shape index (κ1) is 47.0. The molecule has 0 unspecified atom stereocenters. The Kier molecular flexibility index (Phi) is 9.94. The molecule has 0 fully saturated rings. The van der Waals surface area contributed by atoms with Crippen LogP contribution in [0.5, 0.6) is 0 Å². The van der Waals surface area contributed by atoms with Gasteiger partial charge in [0.25, 0.3) is 6.71 Å². The molecule has 2 nitrogen and oxygen atoms in total. The summed E-state index contributed by atoms with van der Waals surface area (Å²) in [4.78, 5) is 5.50. The summed E-state index contributed by atoms with van der Waals surface area (Å²) in [5, 5.41) is 1.40. The van der Waals surface area contributed by atoms with Crippen LogP contribution < -0.4 is 25.5 Å². The van der Waals surface area contributed by atoms with Crippen molar-refractivity contribution in [3.8, 4) is 11.1 Å². The van der Waals surface area contributed by atoms with E-state index in [0.29, 0.717) is 0 Å². The van der Waals surface area contributed by atoms with Crippen molar-refractivity contribution in [3.63, 3.8) is 0 Å². The first-order valence-corrected chi connectivity index (χ1v) is 27.9. The first-order valence-electron chi connectivity index (χ1n) is 27.1. The van der Waals surface area contributed by atoms with E-state index in [1.54, 1.807) is 0 Å². The number of benzene rings is 6. The highest BCUT2D eigenvalue weighted by Gasteiger charge is 2.49. The minimum atomic E-state index is -0.0392. The normalized spacial score (nSPS) is 20.4. The van der Waals surface area contributed by atoms with Crippen LogP contribution in [0, 0.1) is 6.92 Å². The zero-order chi connectivity index (χ0) is 50.3. The fourth-order valence-corrected chi connectivity index (χ4v) is 15.4. The van der Waals surface area contributed by atoms with Crippen LogP contribution in [0.3, 0.4) is 0 Å². The molecule has 0 spiro atoms. The molecule has 0 saturated heterocycles. The Morgan fingerprint density at radius 2 is 1.00 bits per heavy atom. The summed E-state index contributed by atoms with van der Waals surface area (Å²) >= 11 is 2.07. The SMILES string of the molecule is Cc1cc2c3c(c1)N(c1ccc4c(c1)C(C)(C)CCC4(C)C)c1c(sc4cc5c(cc14)C(C)(C)CCC5(C)C)B3c1ccc(C(C)(C)C)cc1N2c1cc2c(cc1-c1ccccc1)C(C)(C)CCC2(C)C. The summed E-state index contributed by atoms with van der Waals surface area (Å²) in [5.74, 6) is 0. The fraction of sp³-hybridized carbons (Fsp3) is 0.433. The maximum atomic E-state index is 2.76. The fourth-order valence-electron chi connectivity index (χ4n) is 14.0. The van der Waals surface area contributed by atoms with E-state index < -0.39 is 0 Å². The van der Waals surface area contributed by atoms with Gasteiger partial charge in [0, 0.05) is 43.2 Å². The summed E-state index contributed by atoms with van der Waals surface area (Å²) in [6.07, 6.45) is 7.13. The monoisotopic (exact) mass is 953 g/mol. The van der Waals surface area contributed by atoms with Crippen LogP contribution in [-0.4, -0.2) is 6.71 Å². The average molecular weight is 953 g/mol. The predicted octanol–water partition coefficient (Wildman–Crippen LogP) is 17.3. The molecule has 5 aliphatic rings. The highest BCUT2D eigenvalue weighted by molar-refractivity contribution is 7.33. The Morgan fingerprint density at radius 3 is 1.59 bits per heavy atom. The standard InChI is InChI=1S/C67H77BN2S/c1-40-32-55-58-56(33-40)70(53-38-50-48(64(9,10)28-30-66(50,13)14)36-44(53)41-20-18-17-19-21-41)54-34-42(61(2,3)4)22-25-52(54)68(58)60-59(45-37-49-51(39-57(45)71-60)67(15,16)31-29-65(49,11)12)69(55)43-23-24-46-47(35-43)63(7,8)27-26-62(46,5)6/h17-25,32-39H,26-31H2,1-16H3. The van der Waals surface area contributed by atoms with Crippen molar-refractivity contribution in [3.05, 3.63) is 148 Å². The van der Waals surface area contributed by atoms with E-state index >= 15 is 0 Å². The Labute approximate surface area is 431 Å². The van der Waals surface area contributed by atoms with Crippen LogP contribution >= 0.6 is 11.3 Å². The Morgan fingerprint density at radius 1 is 0.479 bits per heavy atom. The second-order valence-corrected chi connectivity index (χ2v) is 29.0. The summed E-state index contributed by atoms with van der Waals surface area (Å²) in [5.41, 5.74) is 25.5. The van der Waals surface area contributed by atoms with Crippen molar-refractivity contribution < 1.29 is 0 Å². The van der Waals surface area contributed by atoms with Crippen LogP contribution in [0.25, 0.3) is 21.2 Å². The van der Waals surface area contributed by atoms with E-state index in [9.17, 15) is 0 Å². The summed E-state index contributed by atoms with van der Waals surface area (Å²) < 4.78 is 2.88. The van der Waals surface area contributed by atoms with Gasteiger partial charge in [0.1, 0.15) is 0 Å². The molecule has 6 aromatic carbocycles. The van der Waals surface area contributed by atoms with Crippen LogP contribution in [0.15, 0.2) is 103 Å². The number of nitrogens with zero attached hydrogens (tertiary/aromatic N) is 2. The molecular formula is C67H77BN2S. The number of aryl methyl sites for hydroxylation is 1. The lowest BCUT2D eigenvalue weighted by molar-refractivity contribution is 0.332. The lowest BCUT2D eigenvalue weighted by Gasteiger charge is -2.46. The number of rotatable bonds is 3. The van der Waals surface area contributed by atoms with Crippen molar-refractivity contribution in [2.24, 2.45) is 0 Å². The van der Waals surface area contributed by atoms with Crippen molar-refractivity contribution in [1.82, 2.24) is 0 Å². The van der Waals surface area contributed by atoms with Crippen LogP contribution in [0.1, 0.15) is 187 Å². The van der Waals surface area contributed by atoms with Gasteiger partial charge < -0.3 is 9.80 Å². The molecule has 0 N–H and O–H groups in total. The molecule has 364 valence electrons. The molecule has 0 radical (unpaired) electrons. The van der Waals surface area contributed by atoms with Crippen LogP contribution in [0.4, 0.5) is 34.1 Å². The van der Waals surface area contributed by atoms with Gasteiger partial charge >= 0.3 is 0 Å². The molecule has 0 amide bonds. The van der Waals surface area contributed by atoms with Gasteiger partial charge in [0.15, 0.2) is 0 Å². The Bertz CT molecular complexity index is 3390. The van der Waals surface area contributed by atoms with E-state index in [1.165, 1.54) is 154 Å². The number of hydrogen-bond acceptors (Lipinski definition) is 3.